The van der Waals surface area contributed by atoms with Crippen molar-refractivity contribution < 1.29 is 9.53 Å². The van der Waals surface area contributed by atoms with Gasteiger partial charge in [0.2, 0.25) is 11.1 Å². The van der Waals surface area contributed by atoms with Crippen LogP contribution in [0, 0.1) is 0 Å². The standard InChI is InChI=1S/C22H26N6O2S2/c29-20(15-31-22-24-25-26-28(22)14-17-9-6-12-30-17)27(13-16-7-2-1-3-8-16)21-23-18-10-4-5-11-19(18)32-21/h1-3,7-8,17H,4-6,9-15H2/t17-/m0/s1. The van der Waals surface area contributed by atoms with Crippen LogP contribution in [0.2, 0.25) is 0 Å². The Hall–Kier alpha value is -2.30. The number of hydrogen-bond acceptors (Lipinski definition) is 8. The molecule has 3 heterocycles. The Morgan fingerprint density at radius 3 is 2.91 bits per heavy atom. The molecule has 10 heteroatoms. The number of fused-ring (bicyclic) bond motifs is 1. The summed E-state index contributed by atoms with van der Waals surface area (Å²) >= 11 is 3.03. The monoisotopic (exact) mass is 470 g/mol. The van der Waals surface area contributed by atoms with Crippen molar-refractivity contribution in [3.63, 3.8) is 0 Å². The highest BCUT2D eigenvalue weighted by atomic mass is 32.2. The summed E-state index contributed by atoms with van der Waals surface area (Å²) in [6.07, 6.45) is 6.67. The second-order valence-electron chi connectivity index (χ2n) is 8.11. The summed E-state index contributed by atoms with van der Waals surface area (Å²) in [5.74, 6) is 0.264. The van der Waals surface area contributed by atoms with E-state index in [0.717, 1.165) is 48.7 Å². The minimum atomic E-state index is 0.0108. The number of carbonyl (C=O) groups is 1. The molecule has 1 aliphatic carbocycles. The zero-order chi connectivity index (χ0) is 21.8. The van der Waals surface area contributed by atoms with Gasteiger partial charge >= 0.3 is 0 Å². The fourth-order valence-electron chi connectivity index (χ4n) is 4.08. The molecule has 1 amide bonds. The van der Waals surface area contributed by atoms with E-state index in [4.69, 9.17) is 9.72 Å². The maximum Gasteiger partial charge on any atom is 0.239 e. The van der Waals surface area contributed by atoms with Gasteiger partial charge in [0.25, 0.3) is 0 Å². The van der Waals surface area contributed by atoms with Crippen molar-refractivity contribution in [3.05, 3.63) is 46.5 Å². The molecular formula is C22H26N6O2S2. The molecule has 1 aliphatic heterocycles. The SMILES string of the molecule is O=C(CSc1nnnn1C[C@@H]1CCCO1)N(Cc1ccccc1)c1nc2c(s1)CCCC2. The van der Waals surface area contributed by atoms with Crippen molar-refractivity contribution in [2.45, 2.75) is 62.9 Å². The number of aryl methyl sites for hydroxylation is 2. The molecule has 0 saturated carbocycles. The lowest BCUT2D eigenvalue weighted by molar-refractivity contribution is -0.116. The molecular weight excluding hydrogens is 444 g/mol. The van der Waals surface area contributed by atoms with Crippen molar-refractivity contribution in [1.29, 1.82) is 0 Å². The van der Waals surface area contributed by atoms with E-state index in [1.54, 1.807) is 16.0 Å². The number of thiazole rings is 1. The van der Waals surface area contributed by atoms with Gasteiger partial charge in [0.05, 0.1) is 30.6 Å². The molecule has 32 heavy (non-hydrogen) atoms. The Morgan fingerprint density at radius 1 is 1.22 bits per heavy atom. The third-order valence-corrected chi connectivity index (χ3v) is 7.90. The topological polar surface area (TPSA) is 86.0 Å². The molecule has 1 aromatic carbocycles. The molecule has 2 aliphatic rings. The van der Waals surface area contributed by atoms with E-state index < -0.39 is 0 Å². The predicted octanol–water partition coefficient (Wildman–Crippen LogP) is 3.51. The first-order valence-corrected chi connectivity index (χ1v) is 12.9. The van der Waals surface area contributed by atoms with Gasteiger partial charge in [-0.25, -0.2) is 9.67 Å². The molecule has 0 bridgehead atoms. The lowest BCUT2D eigenvalue weighted by Gasteiger charge is -2.20. The largest absolute Gasteiger partial charge is 0.376 e. The van der Waals surface area contributed by atoms with Gasteiger partial charge in [0.1, 0.15) is 0 Å². The summed E-state index contributed by atoms with van der Waals surface area (Å²) in [5.41, 5.74) is 2.25. The molecule has 0 N–H and O–H groups in total. The zero-order valence-electron chi connectivity index (χ0n) is 17.9. The van der Waals surface area contributed by atoms with Crippen LogP contribution in [0.1, 0.15) is 41.8 Å². The number of rotatable bonds is 8. The maximum absolute atomic E-state index is 13.4. The average Bonchev–Trinajstić information content (AvgIpc) is 3.58. The fraction of sp³-hybridized carbons (Fsp3) is 0.500. The second kappa shape index (κ2) is 10.1. The van der Waals surface area contributed by atoms with Crippen molar-refractivity contribution in [1.82, 2.24) is 25.2 Å². The van der Waals surface area contributed by atoms with E-state index in [0.29, 0.717) is 18.2 Å². The van der Waals surface area contributed by atoms with E-state index in [1.807, 2.05) is 35.2 Å². The summed E-state index contributed by atoms with van der Waals surface area (Å²) in [4.78, 5) is 21.4. The quantitative estimate of drug-likeness (QED) is 0.466. The van der Waals surface area contributed by atoms with Crippen LogP contribution in [0.5, 0.6) is 0 Å². The molecule has 0 spiro atoms. The van der Waals surface area contributed by atoms with E-state index in [9.17, 15) is 4.79 Å². The van der Waals surface area contributed by atoms with E-state index >= 15 is 0 Å². The maximum atomic E-state index is 13.4. The molecule has 5 rings (SSSR count). The second-order valence-corrected chi connectivity index (χ2v) is 10.1. The minimum Gasteiger partial charge on any atom is -0.376 e. The lowest BCUT2D eigenvalue weighted by Crippen LogP contribution is -2.32. The van der Waals surface area contributed by atoms with Crippen LogP contribution in [0.15, 0.2) is 35.5 Å². The molecule has 168 valence electrons. The van der Waals surface area contributed by atoms with Crippen LogP contribution in [-0.4, -0.2) is 49.6 Å². The van der Waals surface area contributed by atoms with E-state index in [-0.39, 0.29) is 17.8 Å². The van der Waals surface area contributed by atoms with Crippen molar-refractivity contribution in [2.24, 2.45) is 0 Å². The number of hydrogen-bond donors (Lipinski definition) is 0. The van der Waals surface area contributed by atoms with Crippen molar-refractivity contribution in [2.75, 3.05) is 17.3 Å². The number of nitrogens with zero attached hydrogens (tertiary/aromatic N) is 6. The number of ether oxygens (including phenoxy) is 1. The molecule has 2 aromatic heterocycles. The Morgan fingerprint density at radius 2 is 2.09 bits per heavy atom. The van der Waals surface area contributed by atoms with Gasteiger partial charge < -0.3 is 4.74 Å². The van der Waals surface area contributed by atoms with Crippen LogP contribution < -0.4 is 4.90 Å². The summed E-state index contributed by atoms with van der Waals surface area (Å²) in [7, 11) is 0. The number of anilines is 1. The number of thioether (sulfide) groups is 1. The van der Waals surface area contributed by atoms with Gasteiger partial charge in [-0.3, -0.25) is 9.69 Å². The normalized spacial score (nSPS) is 17.9. The summed E-state index contributed by atoms with van der Waals surface area (Å²) < 4.78 is 7.45. The van der Waals surface area contributed by atoms with Gasteiger partial charge in [-0.05, 0) is 54.5 Å². The first kappa shape index (κ1) is 21.5. The number of aromatic nitrogens is 5. The molecule has 1 fully saturated rings. The summed E-state index contributed by atoms with van der Waals surface area (Å²) in [5, 5.41) is 13.5. The summed E-state index contributed by atoms with van der Waals surface area (Å²) in [6.45, 7) is 1.92. The Balaban J connectivity index is 1.31. The molecule has 0 radical (unpaired) electrons. The van der Waals surface area contributed by atoms with Gasteiger partial charge in [-0.1, -0.05) is 42.1 Å². The number of carbonyl (C=O) groups excluding carboxylic acids is 1. The van der Waals surface area contributed by atoms with Crippen LogP contribution in [0.4, 0.5) is 5.13 Å². The molecule has 1 saturated heterocycles. The third kappa shape index (κ3) is 5.02. The van der Waals surface area contributed by atoms with Crippen LogP contribution in [-0.2, 0) is 35.5 Å². The van der Waals surface area contributed by atoms with Gasteiger partial charge in [0.15, 0.2) is 5.13 Å². The van der Waals surface area contributed by atoms with Crippen molar-refractivity contribution >= 4 is 34.1 Å². The molecule has 1 atom stereocenters. The van der Waals surface area contributed by atoms with Gasteiger partial charge in [-0.2, -0.15) is 0 Å². The van der Waals surface area contributed by atoms with Crippen molar-refractivity contribution in [3.8, 4) is 0 Å². The number of tetrazole rings is 1. The summed E-state index contributed by atoms with van der Waals surface area (Å²) in [6, 6.07) is 10.1. The van der Waals surface area contributed by atoms with E-state index in [2.05, 4.69) is 15.5 Å². The lowest BCUT2D eigenvalue weighted by atomic mass is 10.0. The predicted molar refractivity (Wildman–Crippen MR) is 124 cm³/mol. The third-order valence-electron chi connectivity index (χ3n) is 5.77. The Bertz CT molecular complexity index is 1020. The smallest absolute Gasteiger partial charge is 0.239 e. The Labute approximate surface area is 195 Å². The average molecular weight is 471 g/mol. The van der Waals surface area contributed by atoms with E-state index in [1.165, 1.54) is 29.5 Å². The van der Waals surface area contributed by atoms with Crippen LogP contribution in [0.25, 0.3) is 0 Å². The van der Waals surface area contributed by atoms with Gasteiger partial charge in [-0.15, -0.1) is 16.4 Å². The minimum absolute atomic E-state index is 0.0108. The highest BCUT2D eigenvalue weighted by Crippen LogP contribution is 2.33. The highest BCUT2D eigenvalue weighted by molar-refractivity contribution is 7.99. The van der Waals surface area contributed by atoms with Gasteiger partial charge in [0, 0.05) is 11.5 Å². The fourth-order valence-corrected chi connectivity index (χ4v) is 6.01. The Kier molecular flexibility index (Phi) is 6.80. The highest BCUT2D eigenvalue weighted by Gasteiger charge is 2.25. The zero-order valence-corrected chi connectivity index (χ0v) is 19.5. The first-order valence-electron chi connectivity index (χ1n) is 11.1. The van der Waals surface area contributed by atoms with Crippen LogP contribution >= 0.6 is 23.1 Å². The first-order chi connectivity index (χ1) is 15.8. The number of benzene rings is 1. The molecule has 0 unspecified atom stereocenters. The van der Waals surface area contributed by atoms with Crippen LogP contribution in [0.3, 0.4) is 0 Å². The molecule has 3 aromatic rings. The molecule has 8 nitrogen and oxygen atoms in total. The number of amides is 1.